The van der Waals surface area contributed by atoms with Crippen molar-refractivity contribution in [3.8, 4) is 0 Å². The molecule has 114 valence electrons. The van der Waals surface area contributed by atoms with Gasteiger partial charge in [0.15, 0.2) is 5.13 Å². The van der Waals surface area contributed by atoms with Crippen molar-refractivity contribution in [2.75, 3.05) is 17.6 Å². The van der Waals surface area contributed by atoms with Crippen molar-refractivity contribution >= 4 is 32.5 Å². The van der Waals surface area contributed by atoms with E-state index in [9.17, 15) is 13.2 Å². The van der Waals surface area contributed by atoms with E-state index in [0.29, 0.717) is 5.69 Å². The Morgan fingerprint density at radius 3 is 2.60 bits per heavy atom. The molecule has 0 spiro atoms. The fourth-order valence-corrected chi connectivity index (χ4v) is 4.15. The molecular weight excluding hydrogens is 300 g/mol. The summed E-state index contributed by atoms with van der Waals surface area (Å²) in [5.41, 5.74) is -0.427. The highest BCUT2D eigenvalue weighted by molar-refractivity contribution is 7.92. The summed E-state index contributed by atoms with van der Waals surface area (Å²) >= 11 is 1.15. The van der Waals surface area contributed by atoms with Crippen LogP contribution in [0, 0.1) is 5.92 Å². The van der Waals surface area contributed by atoms with Gasteiger partial charge in [-0.3, -0.25) is 9.52 Å². The Balaban J connectivity index is 2.91. The molecule has 0 atom stereocenters. The molecule has 0 bridgehead atoms. The summed E-state index contributed by atoms with van der Waals surface area (Å²) in [5.74, 6) is -0.361. The van der Waals surface area contributed by atoms with Crippen LogP contribution >= 0.6 is 11.3 Å². The highest BCUT2D eigenvalue weighted by Crippen LogP contribution is 2.28. The number of nitrogens with one attached hydrogen (secondary N) is 1. The first-order valence-electron chi connectivity index (χ1n) is 6.13. The second-order valence-corrected chi connectivity index (χ2v) is 8.06. The lowest BCUT2D eigenvalue weighted by atomic mass is 9.90. The molecule has 0 unspecified atom stereocenters. The van der Waals surface area contributed by atoms with Gasteiger partial charge in [-0.1, -0.05) is 13.8 Å². The minimum absolute atomic E-state index is 0.0263. The van der Waals surface area contributed by atoms with E-state index in [1.54, 1.807) is 19.2 Å². The monoisotopic (exact) mass is 320 g/mol. The molecule has 1 heterocycles. The number of carbonyl (C=O) groups is 1. The van der Waals surface area contributed by atoms with Crippen LogP contribution in [0.15, 0.2) is 5.38 Å². The lowest BCUT2D eigenvalue weighted by Crippen LogP contribution is -2.30. The zero-order chi connectivity index (χ0) is 15.6. The Bertz CT molecular complexity index is 576. The lowest BCUT2D eigenvalue weighted by Gasteiger charge is -2.18. The van der Waals surface area contributed by atoms with Crippen LogP contribution in [-0.4, -0.2) is 32.2 Å². The lowest BCUT2D eigenvalue weighted by molar-refractivity contribution is -0.146. The van der Waals surface area contributed by atoms with Gasteiger partial charge < -0.3 is 4.74 Å². The van der Waals surface area contributed by atoms with Crippen LogP contribution in [0.4, 0.5) is 5.13 Å². The van der Waals surface area contributed by atoms with E-state index >= 15 is 0 Å². The molecule has 0 amide bonds. The Morgan fingerprint density at radius 1 is 1.50 bits per heavy atom. The molecule has 0 aliphatic rings. The van der Waals surface area contributed by atoms with Crippen molar-refractivity contribution in [1.82, 2.24) is 4.98 Å². The van der Waals surface area contributed by atoms with Crippen LogP contribution < -0.4 is 4.72 Å². The molecule has 1 aromatic heterocycles. The smallest absolute Gasteiger partial charge is 0.317 e. The number of sulfonamides is 1. The molecule has 0 aromatic carbocycles. The number of esters is 1. The van der Waals surface area contributed by atoms with E-state index in [-0.39, 0.29) is 16.8 Å². The molecule has 20 heavy (non-hydrogen) atoms. The van der Waals surface area contributed by atoms with Gasteiger partial charge in [0.2, 0.25) is 10.0 Å². The van der Waals surface area contributed by atoms with Gasteiger partial charge in [0.25, 0.3) is 0 Å². The minimum Gasteiger partial charge on any atom is -0.468 e. The maximum atomic E-state index is 11.8. The number of hydrogen-bond acceptors (Lipinski definition) is 6. The van der Waals surface area contributed by atoms with E-state index < -0.39 is 21.4 Å². The average Bonchev–Trinajstić information content (AvgIpc) is 2.74. The second-order valence-electron chi connectivity index (χ2n) is 5.43. The fraction of sp³-hybridized carbons (Fsp3) is 0.667. The molecule has 1 rings (SSSR count). The van der Waals surface area contributed by atoms with Gasteiger partial charge in [-0.25, -0.2) is 13.4 Å². The minimum atomic E-state index is -3.41. The number of rotatable bonds is 6. The summed E-state index contributed by atoms with van der Waals surface area (Å²) < 4.78 is 30.8. The summed E-state index contributed by atoms with van der Waals surface area (Å²) in [5, 5.41) is 1.92. The number of aromatic nitrogens is 1. The first-order valence-corrected chi connectivity index (χ1v) is 8.66. The van der Waals surface area contributed by atoms with Gasteiger partial charge in [-0.2, -0.15) is 0 Å². The number of anilines is 1. The van der Waals surface area contributed by atoms with Gasteiger partial charge in [0.05, 0.1) is 18.6 Å². The quantitative estimate of drug-likeness (QED) is 0.810. The predicted molar refractivity (Wildman–Crippen MR) is 79.4 cm³/mol. The maximum Gasteiger partial charge on any atom is 0.317 e. The average molecular weight is 320 g/mol. The van der Waals surface area contributed by atoms with Gasteiger partial charge in [0.1, 0.15) is 5.41 Å². The Labute approximate surface area is 123 Å². The van der Waals surface area contributed by atoms with Crippen molar-refractivity contribution in [3.05, 3.63) is 11.1 Å². The van der Waals surface area contributed by atoms with E-state index in [1.807, 2.05) is 13.8 Å². The molecule has 0 radical (unpaired) electrons. The zero-order valence-electron chi connectivity index (χ0n) is 12.3. The van der Waals surface area contributed by atoms with Crippen LogP contribution in [0.3, 0.4) is 0 Å². The molecule has 0 aliphatic carbocycles. The third-order valence-corrected chi connectivity index (χ3v) is 5.13. The Kier molecular flexibility index (Phi) is 5.15. The molecule has 0 saturated carbocycles. The van der Waals surface area contributed by atoms with E-state index in [1.165, 1.54) is 7.11 Å². The Hall–Kier alpha value is -1.15. The van der Waals surface area contributed by atoms with Crippen molar-refractivity contribution < 1.29 is 17.9 Å². The number of methoxy groups -OCH3 is 1. The van der Waals surface area contributed by atoms with Crippen LogP contribution in [0.5, 0.6) is 0 Å². The SMILES string of the molecule is COC(=O)C(C)(C)c1csc(NS(=O)(=O)CC(C)C)n1. The molecule has 0 saturated heterocycles. The third-order valence-electron chi connectivity index (χ3n) is 2.64. The molecule has 1 aromatic rings. The molecule has 0 aliphatic heterocycles. The number of ether oxygens (including phenoxy) is 1. The third kappa shape index (κ3) is 4.17. The standard InChI is InChI=1S/C12H20N2O4S2/c1-8(2)7-20(16,17)14-11-13-9(6-19-11)12(3,4)10(15)18-5/h6,8H,7H2,1-5H3,(H,13,14). The number of nitrogens with zero attached hydrogens (tertiary/aromatic N) is 1. The van der Waals surface area contributed by atoms with Crippen LogP contribution in [0.1, 0.15) is 33.4 Å². The maximum absolute atomic E-state index is 11.8. The first kappa shape index (κ1) is 16.9. The topological polar surface area (TPSA) is 85.4 Å². The van der Waals surface area contributed by atoms with Gasteiger partial charge in [-0.05, 0) is 19.8 Å². The largest absolute Gasteiger partial charge is 0.468 e. The normalized spacial score (nSPS) is 12.5. The summed E-state index contributed by atoms with van der Waals surface area (Å²) in [7, 11) is -2.10. The Morgan fingerprint density at radius 2 is 2.10 bits per heavy atom. The van der Waals surface area contributed by atoms with E-state index in [2.05, 4.69) is 9.71 Å². The van der Waals surface area contributed by atoms with E-state index in [0.717, 1.165) is 11.3 Å². The van der Waals surface area contributed by atoms with Crippen LogP contribution in [0.2, 0.25) is 0 Å². The number of thiazole rings is 1. The van der Waals surface area contributed by atoms with Crippen LogP contribution in [0.25, 0.3) is 0 Å². The molecule has 0 fully saturated rings. The molecule has 6 nitrogen and oxygen atoms in total. The summed E-state index contributed by atoms with van der Waals surface area (Å²) in [4.78, 5) is 15.8. The number of hydrogen-bond donors (Lipinski definition) is 1. The van der Waals surface area contributed by atoms with Crippen molar-refractivity contribution in [2.24, 2.45) is 5.92 Å². The first-order chi connectivity index (χ1) is 9.08. The van der Waals surface area contributed by atoms with Gasteiger partial charge >= 0.3 is 5.97 Å². The van der Waals surface area contributed by atoms with Crippen molar-refractivity contribution in [2.45, 2.75) is 33.1 Å². The van der Waals surface area contributed by atoms with Crippen molar-refractivity contribution in [1.29, 1.82) is 0 Å². The molecule has 8 heteroatoms. The van der Waals surface area contributed by atoms with Gasteiger partial charge in [-0.15, -0.1) is 11.3 Å². The highest BCUT2D eigenvalue weighted by atomic mass is 32.2. The second kappa shape index (κ2) is 6.09. The summed E-state index contributed by atoms with van der Waals surface area (Å²) in [6.45, 7) is 7.01. The highest BCUT2D eigenvalue weighted by Gasteiger charge is 2.33. The zero-order valence-corrected chi connectivity index (χ0v) is 13.9. The summed E-state index contributed by atoms with van der Waals surface area (Å²) in [6.07, 6.45) is 0. The molecular formula is C12H20N2O4S2. The van der Waals surface area contributed by atoms with Crippen LogP contribution in [-0.2, 0) is 25.0 Å². The number of carbonyl (C=O) groups excluding carboxylic acids is 1. The van der Waals surface area contributed by atoms with Gasteiger partial charge in [0, 0.05) is 5.38 Å². The van der Waals surface area contributed by atoms with Crippen molar-refractivity contribution in [3.63, 3.8) is 0 Å². The summed E-state index contributed by atoms with van der Waals surface area (Å²) in [6, 6.07) is 0. The fourth-order valence-electron chi connectivity index (χ4n) is 1.58. The van der Waals surface area contributed by atoms with E-state index in [4.69, 9.17) is 4.74 Å². The predicted octanol–water partition coefficient (Wildman–Crippen LogP) is 1.99. The molecule has 1 N–H and O–H groups in total.